The number of aromatic nitrogens is 1. The molecule has 126 valence electrons. The standard InChI is InChI=1S/C18H15N3O3S/c1-24-16-9-8-14(11-19-16)21-17(22)12-4-6-13(7-5-12)20-18(23)15-3-2-10-25-15/h2-11H,1H3,(H,20,23)(H,21,22). The van der Waals surface area contributed by atoms with Crippen molar-refractivity contribution in [3.63, 3.8) is 0 Å². The van der Waals surface area contributed by atoms with Gasteiger partial charge in [0.15, 0.2) is 0 Å². The summed E-state index contributed by atoms with van der Waals surface area (Å²) in [7, 11) is 1.53. The van der Waals surface area contributed by atoms with Crippen LogP contribution in [0.4, 0.5) is 11.4 Å². The van der Waals surface area contributed by atoms with E-state index in [-0.39, 0.29) is 11.8 Å². The van der Waals surface area contributed by atoms with Gasteiger partial charge in [-0.1, -0.05) is 6.07 Å². The van der Waals surface area contributed by atoms with Crippen LogP contribution in [0.25, 0.3) is 0 Å². The summed E-state index contributed by atoms with van der Waals surface area (Å²) in [6, 6.07) is 13.6. The molecule has 0 atom stereocenters. The number of methoxy groups -OCH3 is 1. The molecule has 0 fully saturated rings. The van der Waals surface area contributed by atoms with Crippen LogP contribution in [-0.4, -0.2) is 23.9 Å². The summed E-state index contributed by atoms with van der Waals surface area (Å²) in [5.41, 5.74) is 1.67. The third-order valence-corrected chi connectivity index (χ3v) is 4.22. The number of hydrogen-bond acceptors (Lipinski definition) is 5. The lowest BCUT2D eigenvalue weighted by Gasteiger charge is -2.07. The molecule has 0 aliphatic rings. The van der Waals surface area contributed by atoms with Gasteiger partial charge in [-0.25, -0.2) is 4.98 Å². The smallest absolute Gasteiger partial charge is 0.265 e. The van der Waals surface area contributed by atoms with Crippen LogP contribution in [0.1, 0.15) is 20.0 Å². The fraction of sp³-hybridized carbons (Fsp3) is 0.0556. The van der Waals surface area contributed by atoms with E-state index in [0.717, 1.165) is 0 Å². The lowest BCUT2D eigenvalue weighted by atomic mass is 10.2. The van der Waals surface area contributed by atoms with Crippen molar-refractivity contribution < 1.29 is 14.3 Å². The number of anilines is 2. The number of carbonyl (C=O) groups is 2. The molecule has 1 aromatic carbocycles. The molecule has 0 radical (unpaired) electrons. The van der Waals surface area contributed by atoms with Crippen LogP contribution in [0.2, 0.25) is 0 Å². The highest BCUT2D eigenvalue weighted by atomic mass is 32.1. The number of carbonyl (C=O) groups excluding carboxylic acids is 2. The highest BCUT2D eigenvalue weighted by Gasteiger charge is 2.09. The van der Waals surface area contributed by atoms with E-state index in [9.17, 15) is 9.59 Å². The molecule has 6 nitrogen and oxygen atoms in total. The third kappa shape index (κ3) is 4.21. The minimum absolute atomic E-state index is 0.170. The largest absolute Gasteiger partial charge is 0.481 e. The zero-order valence-electron chi connectivity index (χ0n) is 13.4. The molecule has 2 N–H and O–H groups in total. The Hall–Kier alpha value is -3.19. The molecule has 3 rings (SSSR count). The van der Waals surface area contributed by atoms with Gasteiger partial charge in [-0.2, -0.15) is 0 Å². The van der Waals surface area contributed by atoms with Crippen molar-refractivity contribution in [1.82, 2.24) is 4.98 Å². The molecule has 0 saturated carbocycles. The Morgan fingerprint density at radius 1 is 0.960 bits per heavy atom. The first-order valence-corrected chi connectivity index (χ1v) is 8.30. The number of nitrogens with one attached hydrogen (secondary N) is 2. The van der Waals surface area contributed by atoms with Crippen LogP contribution >= 0.6 is 11.3 Å². The first-order chi connectivity index (χ1) is 12.2. The fourth-order valence-electron chi connectivity index (χ4n) is 2.08. The van der Waals surface area contributed by atoms with Gasteiger partial charge in [-0.05, 0) is 41.8 Å². The number of hydrogen-bond donors (Lipinski definition) is 2. The Bertz CT molecular complexity index is 860. The summed E-state index contributed by atoms with van der Waals surface area (Å²) in [4.78, 5) is 28.9. The normalized spacial score (nSPS) is 10.1. The Morgan fingerprint density at radius 2 is 1.68 bits per heavy atom. The summed E-state index contributed by atoms with van der Waals surface area (Å²) in [6.45, 7) is 0. The van der Waals surface area contributed by atoms with Gasteiger partial charge in [0.1, 0.15) is 0 Å². The van der Waals surface area contributed by atoms with E-state index in [0.29, 0.717) is 27.7 Å². The molecule has 0 spiro atoms. The summed E-state index contributed by atoms with van der Waals surface area (Å²) < 4.78 is 4.97. The first-order valence-electron chi connectivity index (χ1n) is 7.42. The molecule has 3 aromatic rings. The minimum Gasteiger partial charge on any atom is -0.481 e. The number of nitrogens with zero attached hydrogens (tertiary/aromatic N) is 1. The van der Waals surface area contributed by atoms with Gasteiger partial charge in [-0.3, -0.25) is 9.59 Å². The van der Waals surface area contributed by atoms with Crippen molar-refractivity contribution in [2.24, 2.45) is 0 Å². The van der Waals surface area contributed by atoms with Crippen molar-refractivity contribution in [2.45, 2.75) is 0 Å². The van der Waals surface area contributed by atoms with Crippen LogP contribution in [0.3, 0.4) is 0 Å². The van der Waals surface area contributed by atoms with Crippen molar-refractivity contribution in [2.75, 3.05) is 17.7 Å². The molecule has 2 aromatic heterocycles. The van der Waals surface area contributed by atoms with Crippen molar-refractivity contribution >= 4 is 34.5 Å². The number of amides is 2. The molecule has 2 heterocycles. The molecular weight excluding hydrogens is 338 g/mol. The van der Waals surface area contributed by atoms with E-state index >= 15 is 0 Å². The predicted molar refractivity (Wildman–Crippen MR) is 97.5 cm³/mol. The van der Waals surface area contributed by atoms with Crippen LogP contribution in [0, 0.1) is 0 Å². The van der Waals surface area contributed by atoms with Gasteiger partial charge in [0, 0.05) is 17.3 Å². The first kappa shape index (κ1) is 16.7. The van der Waals surface area contributed by atoms with Gasteiger partial charge < -0.3 is 15.4 Å². The Labute approximate surface area is 148 Å². The molecule has 7 heteroatoms. The second kappa shape index (κ2) is 7.59. The number of ether oxygens (including phenoxy) is 1. The number of pyridine rings is 1. The van der Waals surface area contributed by atoms with E-state index < -0.39 is 0 Å². The lowest BCUT2D eigenvalue weighted by Crippen LogP contribution is -2.13. The number of thiophene rings is 1. The maximum Gasteiger partial charge on any atom is 0.265 e. The number of benzene rings is 1. The van der Waals surface area contributed by atoms with Gasteiger partial charge in [0.05, 0.1) is 23.9 Å². The second-order valence-corrected chi connectivity index (χ2v) is 6.00. The maximum absolute atomic E-state index is 12.2. The average molecular weight is 353 g/mol. The Morgan fingerprint density at radius 3 is 2.28 bits per heavy atom. The van der Waals surface area contributed by atoms with Crippen LogP contribution in [-0.2, 0) is 0 Å². The monoisotopic (exact) mass is 353 g/mol. The highest BCUT2D eigenvalue weighted by Crippen LogP contribution is 2.16. The van der Waals surface area contributed by atoms with Crippen LogP contribution in [0.5, 0.6) is 5.88 Å². The zero-order chi connectivity index (χ0) is 17.6. The second-order valence-electron chi connectivity index (χ2n) is 5.05. The average Bonchev–Trinajstić information content (AvgIpc) is 3.18. The van der Waals surface area contributed by atoms with Crippen molar-refractivity contribution in [3.05, 3.63) is 70.5 Å². The third-order valence-electron chi connectivity index (χ3n) is 3.35. The Kier molecular flexibility index (Phi) is 5.06. The molecule has 0 unspecified atom stereocenters. The Balaban J connectivity index is 1.62. The molecule has 0 bridgehead atoms. The highest BCUT2D eigenvalue weighted by molar-refractivity contribution is 7.12. The molecule has 25 heavy (non-hydrogen) atoms. The molecule has 0 aliphatic heterocycles. The summed E-state index contributed by atoms with van der Waals surface area (Å²) in [6.07, 6.45) is 1.52. The maximum atomic E-state index is 12.2. The van der Waals surface area contributed by atoms with E-state index in [2.05, 4.69) is 15.6 Å². The van der Waals surface area contributed by atoms with Crippen molar-refractivity contribution in [3.8, 4) is 5.88 Å². The fourth-order valence-corrected chi connectivity index (χ4v) is 2.70. The van der Waals surface area contributed by atoms with Gasteiger partial charge in [-0.15, -0.1) is 11.3 Å². The molecular formula is C18H15N3O3S. The summed E-state index contributed by atoms with van der Waals surface area (Å²) in [5, 5.41) is 7.38. The van der Waals surface area contributed by atoms with Crippen LogP contribution < -0.4 is 15.4 Å². The zero-order valence-corrected chi connectivity index (χ0v) is 14.2. The van der Waals surface area contributed by atoms with E-state index in [4.69, 9.17) is 4.74 Å². The van der Waals surface area contributed by atoms with Gasteiger partial charge in [0.25, 0.3) is 11.8 Å². The molecule has 0 saturated heterocycles. The topological polar surface area (TPSA) is 80.3 Å². The quantitative estimate of drug-likeness (QED) is 0.734. The summed E-state index contributed by atoms with van der Waals surface area (Å²) in [5.74, 6) is 0.0449. The van der Waals surface area contributed by atoms with Gasteiger partial charge in [0.2, 0.25) is 5.88 Å². The van der Waals surface area contributed by atoms with E-state index in [1.165, 1.54) is 24.6 Å². The van der Waals surface area contributed by atoms with E-state index in [1.807, 2.05) is 11.4 Å². The summed E-state index contributed by atoms with van der Waals surface area (Å²) >= 11 is 1.37. The minimum atomic E-state index is -0.261. The van der Waals surface area contributed by atoms with Crippen molar-refractivity contribution in [1.29, 1.82) is 0 Å². The SMILES string of the molecule is COc1ccc(NC(=O)c2ccc(NC(=O)c3cccs3)cc2)cn1. The molecule has 0 aliphatic carbocycles. The number of rotatable bonds is 5. The predicted octanol–water partition coefficient (Wildman–Crippen LogP) is 3.66. The molecule has 2 amide bonds. The van der Waals surface area contributed by atoms with Gasteiger partial charge >= 0.3 is 0 Å². The van der Waals surface area contributed by atoms with E-state index in [1.54, 1.807) is 42.5 Å². The van der Waals surface area contributed by atoms with Crippen LogP contribution in [0.15, 0.2) is 60.1 Å². The lowest BCUT2D eigenvalue weighted by molar-refractivity contribution is 0.102.